The summed E-state index contributed by atoms with van der Waals surface area (Å²) < 4.78 is 38.8. The van der Waals surface area contributed by atoms with Gasteiger partial charge in [-0.2, -0.15) is 18.3 Å². The van der Waals surface area contributed by atoms with Crippen LogP contribution in [-0.2, 0) is 6.18 Å². The maximum absolute atomic E-state index is 12.9. The van der Waals surface area contributed by atoms with Gasteiger partial charge in [0.2, 0.25) is 0 Å². The average molecular weight is 359 g/mol. The molecule has 0 saturated carbocycles. The minimum Gasteiger partial charge on any atom is -0.507 e. The number of phenols is 2. The van der Waals surface area contributed by atoms with Crippen LogP contribution in [0.1, 0.15) is 21.5 Å². The van der Waals surface area contributed by atoms with Crippen LogP contribution in [0.4, 0.5) is 13.2 Å². The molecule has 0 saturated heterocycles. The SMILES string of the molecule is O=C(NN=Cc1c(C(F)(F)F)ccc(Cl)c1O)c1ccccc1O. The molecule has 0 aliphatic heterocycles. The minimum absolute atomic E-state index is 0.110. The fourth-order valence-electron chi connectivity index (χ4n) is 1.84. The van der Waals surface area contributed by atoms with Crippen LogP contribution in [0.25, 0.3) is 0 Å². The summed E-state index contributed by atoms with van der Waals surface area (Å²) in [6.45, 7) is 0. The quantitative estimate of drug-likeness (QED) is 0.580. The molecule has 1 amide bonds. The van der Waals surface area contributed by atoms with Crippen molar-refractivity contribution in [3.63, 3.8) is 0 Å². The number of hydrogen-bond donors (Lipinski definition) is 3. The van der Waals surface area contributed by atoms with E-state index in [0.29, 0.717) is 12.3 Å². The largest absolute Gasteiger partial charge is 0.507 e. The molecule has 0 radical (unpaired) electrons. The Hall–Kier alpha value is -2.74. The maximum Gasteiger partial charge on any atom is 0.417 e. The van der Waals surface area contributed by atoms with E-state index in [-0.39, 0.29) is 16.3 Å². The molecule has 0 aromatic heterocycles. The number of nitrogens with zero attached hydrogens (tertiary/aromatic N) is 1. The summed E-state index contributed by atoms with van der Waals surface area (Å²) in [5.41, 5.74) is 0.00291. The number of benzene rings is 2. The molecule has 2 aromatic carbocycles. The van der Waals surface area contributed by atoms with Gasteiger partial charge in [0.15, 0.2) is 0 Å². The summed E-state index contributed by atoms with van der Waals surface area (Å²) in [4.78, 5) is 11.8. The van der Waals surface area contributed by atoms with Crippen molar-refractivity contribution in [1.29, 1.82) is 0 Å². The molecule has 0 spiro atoms. The number of nitrogens with one attached hydrogen (secondary N) is 1. The molecule has 2 aromatic rings. The van der Waals surface area contributed by atoms with Crippen LogP contribution in [0.3, 0.4) is 0 Å². The zero-order chi connectivity index (χ0) is 17.9. The first-order valence-electron chi connectivity index (χ1n) is 6.42. The van der Waals surface area contributed by atoms with E-state index in [1.807, 2.05) is 5.43 Å². The lowest BCUT2D eigenvalue weighted by Gasteiger charge is -2.12. The Balaban J connectivity index is 2.28. The zero-order valence-electron chi connectivity index (χ0n) is 11.8. The van der Waals surface area contributed by atoms with Crippen LogP contribution in [0.15, 0.2) is 41.5 Å². The predicted molar refractivity (Wildman–Crippen MR) is 81.3 cm³/mol. The zero-order valence-corrected chi connectivity index (χ0v) is 12.6. The number of rotatable bonds is 3. The van der Waals surface area contributed by atoms with Gasteiger partial charge in [-0.05, 0) is 24.3 Å². The second kappa shape index (κ2) is 6.79. The van der Waals surface area contributed by atoms with Crippen molar-refractivity contribution >= 4 is 23.7 Å². The highest BCUT2D eigenvalue weighted by atomic mass is 35.5. The van der Waals surface area contributed by atoms with Crippen LogP contribution in [0.5, 0.6) is 11.5 Å². The van der Waals surface area contributed by atoms with Crippen molar-refractivity contribution in [2.45, 2.75) is 6.18 Å². The van der Waals surface area contributed by atoms with Gasteiger partial charge in [0, 0.05) is 0 Å². The van der Waals surface area contributed by atoms with Crippen molar-refractivity contribution in [2.75, 3.05) is 0 Å². The Kier molecular flexibility index (Phi) is 4.99. The van der Waals surface area contributed by atoms with Gasteiger partial charge in [0.25, 0.3) is 5.91 Å². The summed E-state index contributed by atoms with van der Waals surface area (Å²) in [6.07, 6.45) is -4.12. The van der Waals surface area contributed by atoms with Crippen molar-refractivity contribution in [3.8, 4) is 11.5 Å². The second-order valence-electron chi connectivity index (χ2n) is 4.57. The van der Waals surface area contributed by atoms with Gasteiger partial charge in [-0.15, -0.1) is 0 Å². The van der Waals surface area contributed by atoms with Crippen LogP contribution in [-0.4, -0.2) is 22.3 Å². The highest BCUT2D eigenvalue weighted by Gasteiger charge is 2.34. The van der Waals surface area contributed by atoms with E-state index in [0.717, 1.165) is 6.07 Å². The lowest BCUT2D eigenvalue weighted by Crippen LogP contribution is -2.18. The first kappa shape index (κ1) is 17.6. The fraction of sp³-hybridized carbons (Fsp3) is 0.0667. The van der Waals surface area contributed by atoms with Gasteiger partial charge in [-0.1, -0.05) is 23.7 Å². The number of hydrogen-bond acceptors (Lipinski definition) is 4. The molecule has 0 aliphatic rings. The van der Waals surface area contributed by atoms with Gasteiger partial charge in [-0.3, -0.25) is 4.79 Å². The predicted octanol–water partition coefficient (Wildman–Crippen LogP) is 3.53. The Labute approximate surface area is 139 Å². The minimum atomic E-state index is -4.74. The van der Waals surface area contributed by atoms with E-state index in [2.05, 4.69) is 5.10 Å². The van der Waals surface area contributed by atoms with Gasteiger partial charge in [0.05, 0.1) is 27.9 Å². The number of alkyl halides is 3. The molecule has 126 valence electrons. The van der Waals surface area contributed by atoms with Crippen LogP contribution in [0, 0.1) is 0 Å². The van der Waals surface area contributed by atoms with Crippen molar-refractivity contribution in [1.82, 2.24) is 5.43 Å². The van der Waals surface area contributed by atoms with Crippen molar-refractivity contribution < 1.29 is 28.2 Å². The number of amides is 1. The molecular weight excluding hydrogens is 349 g/mol. The topological polar surface area (TPSA) is 81.9 Å². The molecule has 2 rings (SSSR count). The third-order valence-electron chi connectivity index (χ3n) is 2.98. The normalized spacial score (nSPS) is 11.7. The molecule has 0 unspecified atom stereocenters. The molecule has 0 fully saturated rings. The third kappa shape index (κ3) is 3.77. The lowest BCUT2D eigenvalue weighted by molar-refractivity contribution is -0.137. The van der Waals surface area contributed by atoms with Crippen molar-refractivity contribution in [3.05, 3.63) is 58.1 Å². The van der Waals surface area contributed by atoms with E-state index < -0.39 is 29.0 Å². The molecule has 9 heteroatoms. The highest BCUT2D eigenvalue weighted by molar-refractivity contribution is 6.32. The molecule has 0 aliphatic carbocycles. The lowest BCUT2D eigenvalue weighted by atomic mass is 10.1. The van der Waals surface area contributed by atoms with E-state index >= 15 is 0 Å². The monoisotopic (exact) mass is 358 g/mol. The summed E-state index contributed by atoms with van der Waals surface area (Å²) in [6, 6.07) is 7.14. The molecule has 3 N–H and O–H groups in total. The van der Waals surface area contributed by atoms with E-state index in [9.17, 15) is 28.2 Å². The Morgan fingerprint density at radius 1 is 1.17 bits per heavy atom. The molecule has 0 atom stereocenters. The Morgan fingerprint density at radius 2 is 1.83 bits per heavy atom. The Bertz CT molecular complexity index is 807. The van der Waals surface area contributed by atoms with Crippen molar-refractivity contribution in [2.24, 2.45) is 5.10 Å². The van der Waals surface area contributed by atoms with E-state index in [1.54, 1.807) is 0 Å². The van der Waals surface area contributed by atoms with Crippen LogP contribution >= 0.6 is 11.6 Å². The molecular formula is C15H10ClF3N2O3. The second-order valence-corrected chi connectivity index (χ2v) is 4.98. The van der Waals surface area contributed by atoms with Gasteiger partial charge in [-0.25, -0.2) is 5.43 Å². The standard InChI is InChI=1S/C15H10ClF3N2O3/c16-11-6-5-10(15(17,18)19)9(13(11)23)7-20-21-14(24)8-3-1-2-4-12(8)22/h1-7,22-23H,(H,21,24). The fourth-order valence-corrected chi connectivity index (χ4v) is 2.01. The number of carbonyl (C=O) groups excluding carboxylic acids is 1. The van der Waals surface area contributed by atoms with Crippen LogP contribution < -0.4 is 5.43 Å². The highest BCUT2D eigenvalue weighted by Crippen LogP contribution is 2.38. The van der Waals surface area contributed by atoms with Crippen LogP contribution in [0.2, 0.25) is 5.02 Å². The number of carbonyl (C=O) groups is 1. The van der Waals surface area contributed by atoms with E-state index in [1.165, 1.54) is 24.3 Å². The number of para-hydroxylation sites is 1. The average Bonchev–Trinajstić information content (AvgIpc) is 2.50. The molecule has 5 nitrogen and oxygen atoms in total. The summed E-state index contributed by atoms with van der Waals surface area (Å²) in [7, 11) is 0. The molecule has 0 bridgehead atoms. The smallest absolute Gasteiger partial charge is 0.417 e. The molecule has 0 heterocycles. The summed E-state index contributed by atoms with van der Waals surface area (Å²) >= 11 is 5.59. The first-order chi connectivity index (χ1) is 11.2. The van der Waals surface area contributed by atoms with Gasteiger partial charge in [0.1, 0.15) is 11.5 Å². The number of phenolic OH excluding ortho intramolecular Hbond substituents is 2. The Morgan fingerprint density at radius 3 is 2.46 bits per heavy atom. The van der Waals surface area contributed by atoms with E-state index in [4.69, 9.17) is 11.6 Å². The maximum atomic E-state index is 12.9. The number of halogens is 4. The molecule has 24 heavy (non-hydrogen) atoms. The number of hydrazone groups is 1. The van der Waals surface area contributed by atoms with Gasteiger partial charge < -0.3 is 10.2 Å². The number of aromatic hydroxyl groups is 2. The first-order valence-corrected chi connectivity index (χ1v) is 6.79. The summed E-state index contributed by atoms with van der Waals surface area (Å²) in [5, 5.41) is 22.3. The third-order valence-corrected chi connectivity index (χ3v) is 3.29. The summed E-state index contributed by atoms with van der Waals surface area (Å²) in [5.74, 6) is -1.96. The van der Waals surface area contributed by atoms with Gasteiger partial charge >= 0.3 is 6.18 Å².